The fraction of sp³-hybridized carbons (Fsp3) is 0.467. The molecule has 0 saturated heterocycles. The van der Waals surface area contributed by atoms with Gasteiger partial charge in [-0.05, 0) is 30.7 Å². The highest BCUT2D eigenvalue weighted by atomic mass is 32.1. The first-order valence-electron chi connectivity index (χ1n) is 6.69. The Morgan fingerprint density at radius 2 is 2.05 bits per heavy atom. The van der Waals surface area contributed by atoms with Crippen LogP contribution in [-0.4, -0.2) is 17.4 Å². The average Bonchev–Trinajstić information content (AvgIpc) is 3.21. The van der Waals surface area contributed by atoms with Gasteiger partial charge in [0, 0.05) is 6.54 Å². The maximum Gasteiger partial charge on any atom is 0.233 e. The van der Waals surface area contributed by atoms with Gasteiger partial charge in [0.05, 0.1) is 10.4 Å². The quantitative estimate of drug-likeness (QED) is 0.784. The molecule has 2 rings (SSSR count). The van der Waals surface area contributed by atoms with Gasteiger partial charge in [-0.1, -0.05) is 49.5 Å². The van der Waals surface area contributed by atoms with Crippen molar-refractivity contribution in [2.45, 2.75) is 32.1 Å². The van der Waals surface area contributed by atoms with Gasteiger partial charge >= 0.3 is 0 Å². The van der Waals surface area contributed by atoms with Crippen LogP contribution < -0.4 is 11.1 Å². The standard InChI is InChI=1S/C15H20N2OS/c1-11(12-5-3-2-4-6-12)7-10-17-14(18)15(8-9-15)13(16)19/h2-6,11H,7-10H2,1H3,(H2,16,19)(H,17,18). The summed E-state index contributed by atoms with van der Waals surface area (Å²) in [7, 11) is 0. The molecular weight excluding hydrogens is 256 g/mol. The molecule has 0 bridgehead atoms. The van der Waals surface area contributed by atoms with Crippen LogP contribution in [0.5, 0.6) is 0 Å². The summed E-state index contributed by atoms with van der Waals surface area (Å²) in [6.07, 6.45) is 2.51. The van der Waals surface area contributed by atoms with Gasteiger partial charge in [0.25, 0.3) is 0 Å². The zero-order valence-corrected chi connectivity index (χ0v) is 12.0. The fourth-order valence-corrected chi connectivity index (χ4v) is 2.53. The first-order chi connectivity index (χ1) is 9.06. The molecule has 0 radical (unpaired) electrons. The molecule has 1 atom stereocenters. The SMILES string of the molecule is CC(CCNC(=O)C1(C(N)=S)CC1)c1ccccc1. The highest BCUT2D eigenvalue weighted by Crippen LogP contribution is 2.46. The molecule has 102 valence electrons. The first-order valence-corrected chi connectivity index (χ1v) is 7.10. The minimum Gasteiger partial charge on any atom is -0.392 e. The molecule has 1 aromatic rings. The number of rotatable bonds is 6. The Morgan fingerprint density at radius 3 is 2.58 bits per heavy atom. The third-order valence-corrected chi connectivity index (χ3v) is 4.28. The Morgan fingerprint density at radius 1 is 1.42 bits per heavy atom. The van der Waals surface area contributed by atoms with E-state index in [0.717, 1.165) is 19.3 Å². The molecule has 4 heteroatoms. The normalized spacial score (nSPS) is 17.5. The number of carbonyl (C=O) groups excluding carboxylic acids is 1. The van der Waals surface area contributed by atoms with Gasteiger partial charge in [0.1, 0.15) is 0 Å². The van der Waals surface area contributed by atoms with Crippen LogP contribution >= 0.6 is 12.2 Å². The van der Waals surface area contributed by atoms with E-state index < -0.39 is 5.41 Å². The van der Waals surface area contributed by atoms with E-state index in [-0.39, 0.29) is 5.91 Å². The van der Waals surface area contributed by atoms with Crippen molar-refractivity contribution in [3.63, 3.8) is 0 Å². The van der Waals surface area contributed by atoms with Crippen LogP contribution in [0.1, 0.15) is 37.7 Å². The topological polar surface area (TPSA) is 55.1 Å². The van der Waals surface area contributed by atoms with Gasteiger partial charge in [-0.3, -0.25) is 4.79 Å². The van der Waals surface area contributed by atoms with E-state index in [2.05, 4.69) is 24.4 Å². The van der Waals surface area contributed by atoms with E-state index in [1.807, 2.05) is 18.2 Å². The van der Waals surface area contributed by atoms with Crippen LogP contribution in [0.15, 0.2) is 30.3 Å². The summed E-state index contributed by atoms with van der Waals surface area (Å²) in [5.41, 5.74) is 6.39. The van der Waals surface area contributed by atoms with Crippen molar-refractivity contribution in [1.82, 2.24) is 5.32 Å². The largest absolute Gasteiger partial charge is 0.392 e. The summed E-state index contributed by atoms with van der Waals surface area (Å²) in [6, 6.07) is 10.3. The molecule has 1 aliphatic carbocycles. The molecule has 1 aromatic carbocycles. The van der Waals surface area contributed by atoms with E-state index in [1.54, 1.807) is 0 Å². The Hall–Kier alpha value is -1.42. The summed E-state index contributed by atoms with van der Waals surface area (Å²) < 4.78 is 0. The number of hydrogen-bond donors (Lipinski definition) is 2. The fourth-order valence-electron chi connectivity index (χ4n) is 2.23. The van der Waals surface area contributed by atoms with Crippen molar-refractivity contribution in [1.29, 1.82) is 0 Å². The van der Waals surface area contributed by atoms with Gasteiger partial charge in [0.15, 0.2) is 0 Å². The molecule has 0 spiro atoms. The molecule has 3 N–H and O–H groups in total. The number of benzene rings is 1. The predicted molar refractivity (Wildman–Crippen MR) is 80.9 cm³/mol. The molecule has 1 amide bonds. The van der Waals surface area contributed by atoms with E-state index in [0.29, 0.717) is 17.5 Å². The van der Waals surface area contributed by atoms with Crippen molar-refractivity contribution in [3.05, 3.63) is 35.9 Å². The van der Waals surface area contributed by atoms with Crippen molar-refractivity contribution in [3.8, 4) is 0 Å². The minimum atomic E-state index is -0.536. The molecule has 0 heterocycles. The summed E-state index contributed by atoms with van der Waals surface area (Å²) in [6.45, 7) is 2.83. The molecule has 3 nitrogen and oxygen atoms in total. The molecule has 0 aliphatic heterocycles. The predicted octanol–water partition coefficient (Wildman–Crippen LogP) is 2.36. The lowest BCUT2D eigenvalue weighted by Crippen LogP contribution is -2.40. The van der Waals surface area contributed by atoms with Crippen LogP contribution in [0, 0.1) is 5.41 Å². The Labute approximate surface area is 119 Å². The summed E-state index contributed by atoms with van der Waals surface area (Å²) >= 11 is 4.97. The third-order valence-electron chi connectivity index (χ3n) is 3.89. The smallest absolute Gasteiger partial charge is 0.233 e. The molecular formula is C15H20N2OS. The van der Waals surface area contributed by atoms with Gasteiger partial charge in [-0.25, -0.2) is 0 Å². The number of amides is 1. The minimum absolute atomic E-state index is 0.000242. The lowest BCUT2D eigenvalue weighted by Gasteiger charge is -2.16. The molecule has 1 fully saturated rings. The zero-order valence-electron chi connectivity index (χ0n) is 11.2. The van der Waals surface area contributed by atoms with Crippen LogP contribution in [-0.2, 0) is 4.79 Å². The van der Waals surface area contributed by atoms with Crippen molar-refractivity contribution in [2.75, 3.05) is 6.54 Å². The van der Waals surface area contributed by atoms with Gasteiger partial charge < -0.3 is 11.1 Å². The van der Waals surface area contributed by atoms with Crippen molar-refractivity contribution < 1.29 is 4.79 Å². The highest BCUT2D eigenvalue weighted by molar-refractivity contribution is 7.80. The number of carbonyl (C=O) groups is 1. The van der Waals surface area contributed by atoms with E-state index >= 15 is 0 Å². The van der Waals surface area contributed by atoms with Gasteiger partial charge in [-0.15, -0.1) is 0 Å². The maximum atomic E-state index is 12.0. The Balaban J connectivity index is 1.78. The third kappa shape index (κ3) is 3.13. The monoisotopic (exact) mass is 276 g/mol. The van der Waals surface area contributed by atoms with Crippen LogP contribution in [0.2, 0.25) is 0 Å². The maximum absolute atomic E-state index is 12.0. The molecule has 1 aliphatic rings. The number of thiocarbonyl (C=S) groups is 1. The number of hydrogen-bond acceptors (Lipinski definition) is 2. The average molecular weight is 276 g/mol. The molecule has 1 saturated carbocycles. The zero-order chi connectivity index (χ0) is 13.9. The lowest BCUT2D eigenvalue weighted by atomic mass is 9.98. The van der Waals surface area contributed by atoms with Gasteiger partial charge in [0.2, 0.25) is 5.91 Å². The second-order valence-corrected chi connectivity index (χ2v) is 5.74. The molecule has 19 heavy (non-hydrogen) atoms. The molecule has 0 aromatic heterocycles. The van der Waals surface area contributed by atoms with Crippen molar-refractivity contribution in [2.24, 2.45) is 11.1 Å². The van der Waals surface area contributed by atoms with E-state index in [4.69, 9.17) is 18.0 Å². The summed E-state index contributed by atoms with van der Waals surface area (Å²) in [5.74, 6) is 0.432. The van der Waals surface area contributed by atoms with Crippen LogP contribution in [0.4, 0.5) is 0 Å². The summed E-state index contributed by atoms with van der Waals surface area (Å²) in [4.78, 5) is 12.3. The Kier molecular flexibility index (Phi) is 4.20. The number of nitrogens with one attached hydrogen (secondary N) is 1. The van der Waals surface area contributed by atoms with Crippen LogP contribution in [0.3, 0.4) is 0 Å². The van der Waals surface area contributed by atoms with Crippen LogP contribution in [0.25, 0.3) is 0 Å². The lowest BCUT2D eigenvalue weighted by molar-refractivity contribution is -0.124. The number of nitrogens with two attached hydrogens (primary N) is 1. The van der Waals surface area contributed by atoms with E-state index in [1.165, 1.54) is 5.56 Å². The van der Waals surface area contributed by atoms with Gasteiger partial charge in [-0.2, -0.15) is 0 Å². The molecule has 1 unspecified atom stereocenters. The second kappa shape index (κ2) is 5.70. The van der Waals surface area contributed by atoms with Crippen molar-refractivity contribution >= 4 is 23.1 Å². The highest BCUT2D eigenvalue weighted by Gasteiger charge is 2.52. The summed E-state index contributed by atoms with van der Waals surface area (Å²) in [5, 5.41) is 2.96. The second-order valence-electron chi connectivity index (χ2n) is 5.30. The first kappa shape index (κ1) is 14.0. The Bertz CT molecular complexity index is 468. The van der Waals surface area contributed by atoms with E-state index in [9.17, 15) is 4.79 Å².